The summed E-state index contributed by atoms with van der Waals surface area (Å²) >= 11 is 0. The maximum absolute atomic E-state index is 12.6. The summed E-state index contributed by atoms with van der Waals surface area (Å²) in [5.74, 6) is -0.334. The zero-order chi connectivity index (χ0) is 33.7. The Labute approximate surface area is 279 Å². The molecule has 1 fully saturated rings. The van der Waals surface area contributed by atoms with Gasteiger partial charge in [-0.15, -0.1) is 0 Å². The van der Waals surface area contributed by atoms with Gasteiger partial charge < -0.3 is 39.4 Å². The topological polar surface area (TPSA) is 135 Å². The molecule has 0 aromatic carbocycles. The molecule has 0 aliphatic carbocycles. The van der Waals surface area contributed by atoms with Gasteiger partial charge in [0.1, 0.15) is 30.5 Å². The molecular formula is C37H66O9. The van der Waals surface area contributed by atoms with Crippen molar-refractivity contribution in [2.45, 2.75) is 166 Å². The number of carbonyl (C=O) groups is 1. The van der Waals surface area contributed by atoms with Gasteiger partial charge in [0.05, 0.1) is 19.8 Å². The van der Waals surface area contributed by atoms with Gasteiger partial charge in [-0.1, -0.05) is 115 Å². The molecule has 0 saturated carbocycles. The van der Waals surface area contributed by atoms with Crippen molar-refractivity contribution in [1.29, 1.82) is 0 Å². The summed E-state index contributed by atoms with van der Waals surface area (Å²) in [5, 5.41) is 39.8. The van der Waals surface area contributed by atoms with Crippen molar-refractivity contribution in [3.05, 3.63) is 36.5 Å². The number of rotatable bonds is 29. The maximum Gasteiger partial charge on any atom is 0.306 e. The fraction of sp³-hybridized carbons (Fsp3) is 0.811. The molecule has 0 bridgehead atoms. The predicted octanol–water partition coefficient (Wildman–Crippen LogP) is 6.46. The van der Waals surface area contributed by atoms with Crippen molar-refractivity contribution < 1.29 is 44.2 Å². The fourth-order valence-corrected chi connectivity index (χ4v) is 5.21. The van der Waals surface area contributed by atoms with Crippen LogP contribution >= 0.6 is 0 Å². The van der Waals surface area contributed by atoms with Crippen molar-refractivity contribution in [2.75, 3.05) is 26.4 Å². The van der Waals surface area contributed by atoms with Crippen LogP contribution in [0.2, 0.25) is 0 Å². The highest BCUT2D eigenvalue weighted by Crippen LogP contribution is 2.22. The average molecular weight is 655 g/mol. The highest BCUT2D eigenvalue weighted by molar-refractivity contribution is 5.69. The summed E-state index contributed by atoms with van der Waals surface area (Å²) in [6, 6.07) is 0. The monoisotopic (exact) mass is 654 g/mol. The van der Waals surface area contributed by atoms with Gasteiger partial charge in [-0.2, -0.15) is 0 Å². The van der Waals surface area contributed by atoms with Crippen LogP contribution in [0.1, 0.15) is 129 Å². The first-order valence-electron chi connectivity index (χ1n) is 18.1. The van der Waals surface area contributed by atoms with E-state index in [4.69, 9.17) is 18.9 Å². The van der Waals surface area contributed by atoms with Crippen LogP contribution in [-0.4, -0.2) is 89.6 Å². The van der Waals surface area contributed by atoms with E-state index in [0.717, 1.165) is 70.6 Å². The highest BCUT2D eigenvalue weighted by Gasteiger charge is 2.44. The van der Waals surface area contributed by atoms with E-state index in [9.17, 15) is 25.2 Å². The molecule has 1 heterocycles. The second-order valence-corrected chi connectivity index (χ2v) is 12.3. The van der Waals surface area contributed by atoms with Crippen LogP contribution < -0.4 is 0 Å². The molecule has 6 atom stereocenters. The normalized spacial score (nSPS) is 22.8. The first-order chi connectivity index (χ1) is 22.4. The quantitative estimate of drug-likeness (QED) is 0.0407. The number of unbranched alkanes of at least 4 members (excludes halogenated alkanes) is 12. The molecule has 1 aliphatic heterocycles. The lowest BCUT2D eigenvalue weighted by molar-refractivity contribution is -0.305. The van der Waals surface area contributed by atoms with Gasteiger partial charge in [-0.05, 0) is 44.9 Å². The predicted molar refractivity (Wildman–Crippen MR) is 182 cm³/mol. The molecule has 1 saturated heterocycles. The van der Waals surface area contributed by atoms with Crippen molar-refractivity contribution >= 4 is 5.97 Å². The van der Waals surface area contributed by atoms with Crippen LogP contribution in [0.25, 0.3) is 0 Å². The van der Waals surface area contributed by atoms with E-state index in [0.29, 0.717) is 13.0 Å². The minimum Gasteiger partial charge on any atom is -0.457 e. The van der Waals surface area contributed by atoms with Crippen molar-refractivity contribution in [1.82, 2.24) is 0 Å². The fourth-order valence-electron chi connectivity index (χ4n) is 5.21. The summed E-state index contributed by atoms with van der Waals surface area (Å²) in [7, 11) is 0. The number of carbonyl (C=O) groups excluding carboxylic acids is 1. The second-order valence-electron chi connectivity index (χ2n) is 12.3. The number of aliphatic hydroxyl groups excluding tert-OH is 4. The van der Waals surface area contributed by atoms with Crippen LogP contribution in [0.3, 0.4) is 0 Å². The molecule has 0 amide bonds. The molecule has 0 aromatic heterocycles. The Morgan fingerprint density at radius 1 is 0.717 bits per heavy atom. The molecule has 1 aliphatic rings. The Bertz CT molecular complexity index is 798. The van der Waals surface area contributed by atoms with E-state index < -0.39 is 43.4 Å². The summed E-state index contributed by atoms with van der Waals surface area (Å²) < 4.78 is 22.6. The number of aliphatic hydroxyl groups is 4. The van der Waals surface area contributed by atoms with Gasteiger partial charge in [-0.3, -0.25) is 4.79 Å². The van der Waals surface area contributed by atoms with Crippen molar-refractivity contribution in [2.24, 2.45) is 0 Å². The van der Waals surface area contributed by atoms with E-state index in [1.165, 1.54) is 38.5 Å². The van der Waals surface area contributed by atoms with E-state index in [-0.39, 0.29) is 19.2 Å². The van der Waals surface area contributed by atoms with E-state index in [1.807, 2.05) is 0 Å². The third-order valence-corrected chi connectivity index (χ3v) is 8.07. The number of hydrogen-bond acceptors (Lipinski definition) is 9. The zero-order valence-corrected chi connectivity index (χ0v) is 28.8. The van der Waals surface area contributed by atoms with Crippen LogP contribution in [0, 0.1) is 0 Å². The Morgan fingerprint density at radius 3 is 2.00 bits per heavy atom. The molecule has 268 valence electrons. The molecule has 1 rings (SSSR count). The summed E-state index contributed by atoms with van der Waals surface area (Å²) in [6.07, 6.45) is 24.6. The lowest BCUT2D eigenvalue weighted by Gasteiger charge is -2.39. The third kappa shape index (κ3) is 21.3. The van der Waals surface area contributed by atoms with Gasteiger partial charge >= 0.3 is 5.97 Å². The summed E-state index contributed by atoms with van der Waals surface area (Å²) in [4.78, 5) is 12.6. The van der Waals surface area contributed by atoms with Crippen molar-refractivity contribution in [3.8, 4) is 0 Å². The Morgan fingerprint density at radius 2 is 1.33 bits per heavy atom. The molecule has 4 N–H and O–H groups in total. The smallest absolute Gasteiger partial charge is 0.306 e. The van der Waals surface area contributed by atoms with Crippen LogP contribution in [-0.2, 0) is 23.7 Å². The van der Waals surface area contributed by atoms with E-state index >= 15 is 0 Å². The summed E-state index contributed by atoms with van der Waals surface area (Å²) in [6.45, 7) is 4.38. The van der Waals surface area contributed by atoms with Gasteiger partial charge in [0.2, 0.25) is 0 Å². The van der Waals surface area contributed by atoms with Crippen LogP contribution in [0.5, 0.6) is 0 Å². The third-order valence-electron chi connectivity index (χ3n) is 8.07. The van der Waals surface area contributed by atoms with Crippen LogP contribution in [0.15, 0.2) is 36.5 Å². The molecule has 9 nitrogen and oxygen atoms in total. The molecule has 0 aromatic rings. The van der Waals surface area contributed by atoms with Gasteiger partial charge in [0.15, 0.2) is 6.29 Å². The first-order valence-corrected chi connectivity index (χ1v) is 18.1. The number of esters is 1. The Balaban J connectivity index is 2.35. The van der Waals surface area contributed by atoms with Gasteiger partial charge in [0, 0.05) is 13.0 Å². The van der Waals surface area contributed by atoms with Crippen molar-refractivity contribution in [3.63, 3.8) is 0 Å². The molecule has 6 unspecified atom stereocenters. The zero-order valence-electron chi connectivity index (χ0n) is 28.8. The first kappa shape index (κ1) is 42.4. The number of hydrogen-bond donors (Lipinski definition) is 4. The van der Waals surface area contributed by atoms with Crippen LogP contribution in [0.4, 0.5) is 0 Å². The van der Waals surface area contributed by atoms with Gasteiger partial charge in [-0.25, -0.2) is 0 Å². The minimum absolute atomic E-state index is 0.120. The number of allylic oxidation sites excluding steroid dienone is 6. The molecule has 0 spiro atoms. The molecule has 0 radical (unpaired) electrons. The summed E-state index contributed by atoms with van der Waals surface area (Å²) in [5.41, 5.74) is 0. The second kappa shape index (κ2) is 29.5. The van der Waals surface area contributed by atoms with E-state index in [1.54, 1.807) is 0 Å². The molecule has 9 heteroatoms. The largest absolute Gasteiger partial charge is 0.457 e. The standard InChI is InChI=1S/C37H66O9/c1-3-5-7-9-11-13-14-15-16-17-18-19-20-22-24-26-33(39)45-31(29-43-27-25-23-21-12-10-8-6-4-2)30-44-37-36(42)35(41)34(40)32(28-38)46-37/h5,7,11,13,15-16,31-32,34-38,40-42H,3-4,6,8-10,12,14,17-30H2,1-2H3/b7-5-,13-11-,16-15-. The SMILES string of the molecule is CC/C=C\C/C=C\C/C=C\CCCCCCCC(=O)OC(COCCCCCCCCCC)COC1OC(CO)C(O)C(O)C1O. The average Bonchev–Trinajstić information content (AvgIpc) is 3.05. The Kier molecular flexibility index (Phi) is 27.3. The lowest BCUT2D eigenvalue weighted by atomic mass is 9.99. The minimum atomic E-state index is -1.54. The lowest BCUT2D eigenvalue weighted by Crippen LogP contribution is -2.59. The highest BCUT2D eigenvalue weighted by atomic mass is 16.7. The van der Waals surface area contributed by atoms with Gasteiger partial charge in [0.25, 0.3) is 0 Å². The number of ether oxygens (including phenoxy) is 4. The molecular weight excluding hydrogens is 588 g/mol. The Hall–Kier alpha value is -1.59. The maximum atomic E-state index is 12.6. The molecule has 46 heavy (non-hydrogen) atoms. The van der Waals surface area contributed by atoms with E-state index in [2.05, 4.69) is 50.3 Å².